The Morgan fingerprint density at radius 2 is 2.29 bits per heavy atom. The Kier molecular flexibility index (Phi) is 2.59. The van der Waals surface area contributed by atoms with Crippen molar-refractivity contribution in [3.63, 3.8) is 0 Å². The van der Waals surface area contributed by atoms with Crippen LogP contribution >= 0.6 is 15.9 Å². The zero-order valence-electron chi connectivity index (χ0n) is 8.09. The van der Waals surface area contributed by atoms with Crippen LogP contribution in [0.25, 0.3) is 0 Å². The topological polar surface area (TPSA) is 20.3 Å². The van der Waals surface area contributed by atoms with E-state index in [1.807, 2.05) is 23.1 Å². The number of hydrogen-bond donors (Lipinski definition) is 0. The second-order valence-corrected chi connectivity index (χ2v) is 4.44. The quantitative estimate of drug-likeness (QED) is 0.794. The number of nitrogens with zero attached hydrogens (tertiary/aromatic N) is 1. The molecule has 0 aromatic heterocycles. The molecule has 1 amide bonds. The highest BCUT2D eigenvalue weighted by Crippen LogP contribution is 2.25. The average molecular weight is 254 g/mol. The summed E-state index contributed by atoms with van der Waals surface area (Å²) >= 11 is 3.38. The predicted octanol–water partition coefficient (Wildman–Crippen LogP) is 2.81. The van der Waals surface area contributed by atoms with Gasteiger partial charge in [-0.25, -0.2) is 0 Å². The number of benzene rings is 1. The van der Waals surface area contributed by atoms with Gasteiger partial charge in [0.1, 0.15) is 0 Å². The minimum Gasteiger partial charge on any atom is -0.334 e. The van der Waals surface area contributed by atoms with Crippen molar-refractivity contribution in [3.05, 3.63) is 33.8 Å². The molecule has 14 heavy (non-hydrogen) atoms. The third-order valence-electron chi connectivity index (χ3n) is 2.44. The molecule has 1 heterocycles. The second kappa shape index (κ2) is 3.73. The van der Waals surface area contributed by atoms with E-state index < -0.39 is 0 Å². The highest BCUT2D eigenvalue weighted by atomic mass is 79.9. The number of halogens is 1. The van der Waals surface area contributed by atoms with E-state index in [0.717, 1.165) is 35.1 Å². The number of carbonyl (C=O) groups excluding carboxylic acids is 1. The molecule has 0 fully saturated rings. The lowest BCUT2D eigenvalue weighted by molar-refractivity contribution is 0.0778. The summed E-state index contributed by atoms with van der Waals surface area (Å²) in [5.74, 6) is 0.170. The van der Waals surface area contributed by atoms with E-state index in [4.69, 9.17) is 0 Å². The highest BCUT2D eigenvalue weighted by Gasteiger charge is 2.26. The van der Waals surface area contributed by atoms with Gasteiger partial charge >= 0.3 is 0 Å². The van der Waals surface area contributed by atoms with Crippen LogP contribution in [0.4, 0.5) is 0 Å². The molecule has 0 aliphatic carbocycles. The molecule has 0 radical (unpaired) electrons. The van der Waals surface area contributed by atoms with Crippen molar-refractivity contribution in [1.29, 1.82) is 0 Å². The maximum atomic E-state index is 11.8. The van der Waals surface area contributed by atoms with Gasteiger partial charge in [0.05, 0.1) is 0 Å². The molecule has 2 rings (SSSR count). The van der Waals surface area contributed by atoms with Crippen molar-refractivity contribution in [2.24, 2.45) is 0 Å². The molecule has 0 spiro atoms. The largest absolute Gasteiger partial charge is 0.334 e. The summed E-state index contributed by atoms with van der Waals surface area (Å²) in [5, 5.41) is 0. The zero-order chi connectivity index (χ0) is 10.1. The molecule has 0 saturated carbocycles. The third-order valence-corrected chi connectivity index (χ3v) is 2.94. The van der Waals surface area contributed by atoms with E-state index in [0.29, 0.717) is 0 Å². The Morgan fingerprint density at radius 1 is 1.50 bits per heavy atom. The van der Waals surface area contributed by atoms with Crippen LogP contribution in [0.2, 0.25) is 0 Å². The van der Waals surface area contributed by atoms with Crippen molar-refractivity contribution in [1.82, 2.24) is 4.90 Å². The lowest BCUT2D eigenvalue weighted by Gasteiger charge is -2.13. The number of rotatable bonds is 2. The van der Waals surface area contributed by atoms with Crippen molar-refractivity contribution >= 4 is 21.8 Å². The first-order valence-corrected chi connectivity index (χ1v) is 5.59. The van der Waals surface area contributed by atoms with Gasteiger partial charge in [0.15, 0.2) is 0 Å². The maximum absolute atomic E-state index is 11.8. The lowest BCUT2D eigenvalue weighted by Crippen LogP contribution is -2.24. The normalized spacial score (nSPS) is 14.7. The predicted molar refractivity (Wildman–Crippen MR) is 59.2 cm³/mol. The molecule has 3 heteroatoms. The van der Waals surface area contributed by atoms with E-state index in [1.54, 1.807) is 0 Å². The van der Waals surface area contributed by atoms with Gasteiger partial charge in [0, 0.05) is 23.1 Å². The van der Waals surface area contributed by atoms with Gasteiger partial charge in [-0.1, -0.05) is 28.9 Å². The first kappa shape index (κ1) is 9.71. The average Bonchev–Trinajstić information content (AvgIpc) is 2.46. The lowest BCUT2D eigenvalue weighted by atomic mass is 10.1. The van der Waals surface area contributed by atoms with E-state index in [9.17, 15) is 4.79 Å². The standard InChI is InChI=1S/C11H12BrNO/c1-2-5-13-7-8-3-4-9(12)6-10(8)11(13)14/h3-4,6H,2,5,7H2,1H3. The molecule has 0 saturated heterocycles. The van der Waals surface area contributed by atoms with E-state index in [-0.39, 0.29) is 5.91 Å². The number of carbonyl (C=O) groups is 1. The molecule has 1 aromatic carbocycles. The number of hydrogen-bond acceptors (Lipinski definition) is 1. The molecule has 1 aromatic rings. The monoisotopic (exact) mass is 253 g/mol. The molecular weight excluding hydrogens is 242 g/mol. The molecular formula is C11H12BrNO. The Labute approximate surface area is 92.0 Å². The fourth-order valence-electron chi connectivity index (χ4n) is 1.78. The fraction of sp³-hybridized carbons (Fsp3) is 0.364. The van der Waals surface area contributed by atoms with Gasteiger partial charge in [-0.05, 0) is 24.1 Å². The summed E-state index contributed by atoms with van der Waals surface area (Å²) in [6, 6.07) is 5.92. The van der Waals surface area contributed by atoms with Gasteiger partial charge in [-0.2, -0.15) is 0 Å². The SMILES string of the molecule is CCCN1Cc2ccc(Br)cc2C1=O. The zero-order valence-corrected chi connectivity index (χ0v) is 9.67. The molecule has 0 unspecified atom stereocenters. The number of fused-ring (bicyclic) bond motifs is 1. The third kappa shape index (κ3) is 1.57. The van der Waals surface area contributed by atoms with Gasteiger partial charge < -0.3 is 4.90 Å². The van der Waals surface area contributed by atoms with Gasteiger partial charge in [0.2, 0.25) is 0 Å². The van der Waals surface area contributed by atoms with Crippen LogP contribution in [-0.4, -0.2) is 17.4 Å². The molecule has 2 nitrogen and oxygen atoms in total. The van der Waals surface area contributed by atoms with Crippen LogP contribution < -0.4 is 0 Å². The van der Waals surface area contributed by atoms with Crippen molar-refractivity contribution in [2.45, 2.75) is 19.9 Å². The highest BCUT2D eigenvalue weighted by molar-refractivity contribution is 9.10. The van der Waals surface area contributed by atoms with Gasteiger partial charge in [-0.3, -0.25) is 4.79 Å². The summed E-state index contributed by atoms with van der Waals surface area (Å²) in [7, 11) is 0. The minimum absolute atomic E-state index is 0.170. The van der Waals surface area contributed by atoms with E-state index >= 15 is 0 Å². The maximum Gasteiger partial charge on any atom is 0.254 e. The molecule has 1 aliphatic heterocycles. The first-order chi connectivity index (χ1) is 6.72. The Morgan fingerprint density at radius 3 is 3.00 bits per heavy atom. The minimum atomic E-state index is 0.170. The molecule has 0 atom stereocenters. The van der Waals surface area contributed by atoms with Crippen molar-refractivity contribution in [3.8, 4) is 0 Å². The summed E-state index contributed by atoms with van der Waals surface area (Å²) in [6.45, 7) is 3.71. The Hall–Kier alpha value is -0.830. The summed E-state index contributed by atoms with van der Waals surface area (Å²) in [6.07, 6.45) is 1.01. The number of amides is 1. The van der Waals surface area contributed by atoms with Crippen LogP contribution in [0, 0.1) is 0 Å². The van der Waals surface area contributed by atoms with Crippen LogP contribution in [0.1, 0.15) is 29.3 Å². The van der Waals surface area contributed by atoms with Crippen LogP contribution in [0.3, 0.4) is 0 Å². The Bertz CT molecular complexity index is 376. The molecule has 74 valence electrons. The summed E-state index contributed by atoms with van der Waals surface area (Å²) < 4.78 is 0.975. The van der Waals surface area contributed by atoms with E-state index in [2.05, 4.69) is 22.9 Å². The van der Waals surface area contributed by atoms with Crippen LogP contribution in [-0.2, 0) is 6.54 Å². The van der Waals surface area contributed by atoms with Gasteiger partial charge in [0.25, 0.3) is 5.91 Å². The smallest absolute Gasteiger partial charge is 0.254 e. The van der Waals surface area contributed by atoms with E-state index in [1.165, 1.54) is 0 Å². The van der Waals surface area contributed by atoms with Crippen LogP contribution in [0.5, 0.6) is 0 Å². The fourth-order valence-corrected chi connectivity index (χ4v) is 2.15. The van der Waals surface area contributed by atoms with Crippen molar-refractivity contribution in [2.75, 3.05) is 6.54 Å². The van der Waals surface area contributed by atoms with Gasteiger partial charge in [-0.15, -0.1) is 0 Å². The van der Waals surface area contributed by atoms with Crippen LogP contribution in [0.15, 0.2) is 22.7 Å². The molecule has 0 N–H and O–H groups in total. The second-order valence-electron chi connectivity index (χ2n) is 3.53. The first-order valence-electron chi connectivity index (χ1n) is 4.80. The summed E-state index contributed by atoms with van der Waals surface area (Å²) in [5.41, 5.74) is 2.00. The molecule has 0 bridgehead atoms. The summed E-state index contributed by atoms with van der Waals surface area (Å²) in [4.78, 5) is 13.7. The molecule has 1 aliphatic rings. The Balaban J connectivity index is 2.31. The van der Waals surface area contributed by atoms with Crippen molar-refractivity contribution < 1.29 is 4.79 Å².